The van der Waals surface area contributed by atoms with Crippen molar-refractivity contribution in [1.29, 1.82) is 0 Å². The van der Waals surface area contributed by atoms with E-state index < -0.39 is 0 Å². The highest BCUT2D eigenvalue weighted by molar-refractivity contribution is 7.07. The minimum atomic E-state index is 0.525. The molecule has 1 fully saturated rings. The summed E-state index contributed by atoms with van der Waals surface area (Å²) in [4.78, 5) is 0. The Balaban J connectivity index is 2.23. The van der Waals surface area contributed by atoms with E-state index in [4.69, 9.17) is 0 Å². The SMILES string of the molecule is CCNC(c1ccsc1)C1(CC)CCCC1. The molecule has 1 N–H and O–H groups in total. The van der Waals surface area contributed by atoms with Crippen LogP contribution < -0.4 is 5.32 Å². The lowest BCUT2D eigenvalue weighted by molar-refractivity contribution is 0.189. The first-order valence-electron chi connectivity index (χ1n) is 6.58. The molecule has 0 spiro atoms. The lowest BCUT2D eigenvalue weighted by Gasteiger charge is -2.37. The standard InChI is InChI=1S/C14H23NS/c1-3-14(8-5-6-9-14)13(15-4-2)12-7-10-16-11-12/h7,10-11,13,15H,3-6,8-9H2,1-2H3. The number of hydrogen-bond acceptors (Lipinski definition) is 2. The Kier molecular flexibility index (Phi) is 4.04. The molecule has 1 aromatic heterocycles. The summed E-state index contributed by atoms with van der Waals surface area (Å²) >= 11 is 1.82. The summed E-state index contributed by atoms with van der Waals surface area (Å²) in [7, 11) is 0. The average molecular weight is 237 g/mol. The van der Waals surface area contributed by atoms with Gasteiger partial charge in [0.2, 0.25) is 0 Å². The molecule has 2 heteroatoms. The van der Waals surface area contributed by atoms with Crippen LogP contribution in [0, 0.1) is 5.41 Å². The van der Waals surface area contributed by atoms with Crippen LogP contribution in [-0.2, 0) is 0 Å². The van der Waals surface area contributed by atoms with Crippen LogP contribution in [0.3, 0.4) is 0 Å². The van der Waals surface area contributed by atoms with E-state index in [2.05, 4.69) is 36.0 Å². The summed E-state index contributed by atoms with van der Waals surface area (Å²) in [5.74, 6) is 0. The van der Waals surface area contributed by atoms with Crippen molar-refractivity contribution in [2.45, 2.75) is 52.0 Å². The molecule has 1 heterocycles. The van der Waals surface area contributed by atoms with Crippen molar-refractivity contribution in [3.63, 3.8) is 0 Å². The van der Waals surface area contributed by atoms with E-state index in [9.17, 15) is 0 Å². The molecule has 16 heavy (non-hydrogen) atoms. The summed E-state index contributed by atoms with van der Waals surface area (Å²) in [5, 5.41) is 8.25. The third kappa shape index (κ3) is 2.18. The van der Waals surface area contributed by atoms with E-state index in [1.165, 1.54) is 37.7 Å². The van der Waals surface area contributed by atoms with Crippen molar-refractivity contribution in [2.75, 3.05) is 6.54 Å². The van der Waals surface area contributed by atoms with Gasteiger partial charge in [-0.25, -0.2) is 0 Å². The molecule has 0 bridgehead atoms. The van der Waals surface area contributed by atoms with Gasteiger partial charge in [0.15, 0.2) is 0 Å². The fraction of sp³-hybridized carbons (Fsp3) is 0.714. The number of rotatable bonds is 5. The monoisotopic (exact) mass is 237 g/mol. The van der Waals surface area contributed by atoms with Crippen molar-refractivity contribution in [3.05, 3.63) is 22.4 Å². The molecule has 0 aliphatic heterocycles. The molecule has 1 aliphatic rings. The van der Waals surface area contributed by atoms with Gasteiger partial charge in [0.25, 0.3) is 0 Å². The van der Waals surface area contributed by atoms with E-state index in [0.717, 1.165) is 6.54 Å². The Bertz CT molecular complexity index is 299. The zero-order valence-corrected chi connectivity index (χ0v) is 11.3. The average Bonchev–Trinajstić information content (AvgIpc) is 2.98. The fourth-order valence-corrected chi connectivity index (χ4v) is 3.94. The molecule has 1 nitrogen and oxygen atoms in total. The smallest absolute Gasteiger partial charge is 0.0385 e. The number of nitrogens with one attached hydrogen (secondary N) is 1. The van der Waals surface area contributed by atoms with Crippen LogP contribution in [0.25, 0.3) is 0 Å². The highest BCUT2D eigenvalue weighted by atomic mass is 32.1. The van der Waals surface area contributed by atoms with Crippen LogP contribution in [0.5, 0.6) is 0 Å². The molecule has 0 radical (unpaired) electrons. The molecule has 0 saturated heterocycles. The molecule has 1 atom stereocenters. The highest BCUT2D eigenvalue weighted by Crippen LogP contribution is 2.50. The quantitative estimate of drug-likeness (QED) is 0.802. The second-order valence-corrected chi connectivity index (χ2v) is 5.75. The first-order valence-corrected chi connectivity index (χ1v) is 7.52. The fourth-order valence-electron chi connectivity index (χ4n) is 3.26. The normalized spacial score (nSPS) is 21.1. The Morgan fingerprint density at radius 2 is 2.12 bits per heavy atom. The highest BCUT2D eigenvalue weighted by Gasteiger charge is 2.40. The van der Waals surface area contributed by atoms with Crippen LogP contribution in [0.1, 0.15) is 57.6 Å². The van der Waals surface area contributed by atoms with Crippen LogP contribution in [0.15, 0.2) is 16.8 Å². The predicted molar refractivity (Wildman–Crippen MR) is 71.9 cm³/mol. The lowest BCUT2D eigenvalue weighted by atomic mass is 9.74. The molecule has 1 aliphatic carbocycles. The Labute approximate surface area is 103 Å². The minimum absolute atomic E-state index is 0.525. The van der Waals surface area contributed by atoms with Gasteiger partial charge in [-0.2, -0.15) is 11.3 Å². The molecule has 1 unspecified atom stereocenters. The Morgan fingerprint density at radius 3 is 2.62 bits per heavy atom. The van der Waals surface area contributed by atoms with Gasteiger partial charge in [0, 0.05) is 6.04 Å². The number of hydrogen-bond donors (Lipinski definition) is 1. The predicted octanol–water partition coefficient (Wildman–Crippen LogP) is 4.37. The summed E-state index contributed by atoms with van der Waals surface area (Å²) in [5.41, 5.74) is 2.03. The lowest BCUT2D eigenvalue weighted by Crippen LogP contribution is -2.35. The van der Waals surface area contributed by atoms with Crippen LogP contribution in [0.4, 0.5) is 0 Å². The maximum absolute atomic E-state index is 3.73. The second kappa shape index (κ2) is 5.33. The van der Waals surface area contributed by atoms with Gasteiger partial charge in [0.1, 0.15) is 0 Å². The zero-order valence-electron chi connectivity index (χ0n) is 10.5. The van der Waals surface area contributed by atoms with Crippen molar-refractivity contribution < 1.29 is 0 Å². The molecule has 0 aromatic carbocycles. The van der Waals surface area contributed by atoms with Crippen LogP contribution in [-0.4, -0.2) is 6.54 Å². The summed E-state index contributed by atoms with van der Waals surface area (Å²) in [6.45, 7) is 5.65. The second-order valence-electron chi connectivity index (χ2n) is 4.97. The third-order valence-electron chi connectivity index (χ3n) is 4.20. The summed E-state index contributed by atoms with van der Waals surface area (Å²) < 4.78 is 0. The van der Waals surface area contributed by atoms with Gasteiger partial charge in [-0.3, -0.25) is 0 Å². The van der Waals surface area contributed by atoms with E-state index >= 15 is 0 Å². The van der Waals surface area contributed by atoms with Gasteiger partial charge in [-0.1, -0.05) is 26.7 Å². The third-order valence-corrected chi connectivity index (χ3v) is 4.90. The summed E-state index contributed by atoms with van der Waals surface area (Å²) in [6.07, 6.45) is 6.94. The number of thiophene rings is 1. The molecular weight excluding hydrogens is 214 g/mol. The van der Waals surface area contributed by atoms with Gasteiger partial charge in [-0.15, -0.1) is 0 Å². The molecule has 2 rings (SSSR count). The van der Waals surface area contributed by atoms with E-state index in [-0.39, 0.29) is 0 Å². The van der Waals surface area contributed by atoms with Gasteiger partial charge < -0.3 is 5.32 Å². The van der Waals surface area contributed by atoms with Crippen LogP contribution >= 0.6 is 11.3 Å². The van der Waals surface area contributed by atoms with Gasteiger partial charge in [0.05, 0.1) is 0 Å². The maximum Gasteiger partial charge on any atom is 0.0385 e. The van der Waals surface area contributed by atoms with Gasteiger partial charge >= 0.3 is 0 Å². The minimum Gasteiger partial charge on any atom is -0.310 e. The Hall–Kier alpha value is -0.340. The molecule has 1 aromatic rings. The van der Waals surface area contributed by atoms with E-state index in [1.54, 1.807) is 0 Å². The first-order chi connectivity index (χ1) is 7.82. The topological polar surface area (TPSA) is 12.0 Å². The molecule has 1 saturated carbocycles. The largest absolute Gasteiger partial charge is 0.310 e. The molecular formula is C14H23NS. The van der Waals surface area contributed by atoms with E-state index in [1.807, 2.05) is 11.3 Å². The molecule has 90 valence electrons. The molecule has 0 amide bonds. The Morgan fingerprint density at radius 1 is 1.38 bits per heavy atom. The van der Waals surface area contributed by atoms with Crippen molar-refractivity contribution in [3.8, 4) is 0 Å². The van der Waals surface area contributed by atoms with Crippen molar-refractivity contribution in [2.24, 2.45) is 5.41 Å². The van der Waals surface area contributed by atoms with Crippen LogP contribution in [0.2, 0.25) is 0 Å². The van der Waals surface area contributed by atoms with E-state index in [0.29, 0.717) is 11.5 Å². The van der Waals surface area contributed by atoms with Crippen molar-refractivity contribution >= 4 is 11.3 Å². The first kappa shape index (κ1) is 12.1. The van der Waals surface area contributed by atoms with Crippen molar-refractivity contribution in [1.82, 2.24) is 5.32 Å². The maximum atomic E-state index is 3.73. The van der Waals surface area contributed by atoms with Gasteiger partial charge in [-0.05, 0) is 53.6 Å². The summed E-state index contributed by atoms with van der Waals surface area (Å²) in [6, 6.07) is 2.88. The zero-order chi connectivity index (χ0) is 11.4.